The van der Waals surface area contributed by atoms with Crippen LogP contribution in [0.1, 0.15) is 52.7 Å². The quantitative estimate of drug-likeness (QED) is 0.166. The van der Waals surface area contributed by atoms with Crippen molar-refractivity contribution < 1.29 is 13.9 Å². The second-order valence-corrected chi connectivity index (χ2v) is 20.7. The van der Waals surface area contributed by atoms with Gasteiger partial charge in [0.2, 0.25) is 0 Å². The molecule has 2 aliphatic heterocycles. The largest absolute Gasteiger partial charge is 0.458 e. The highest BCUT2D eigenvalue weighted by Crippen LogP contribution is 2.44. The number of aromatic nitrogens is 3. The molecule has 0 spiro atoms. The lowest BCUT2D eigenvalue weighted by atomic mass is 9.34. The van der Waals surface area contributed by atoms with Gasteiger partial charge >= 0.3 is 0 Å². The minimum absolute atomic E-state index is 0.0458. The molecule has 0 radical (unpaired) electrons. The molecule has 0 aliphatic carbocycles. The van der Waals surface area contributed by atoms with Crippen LogP contribution in [0.2, 0.25) is 0 Å². The van der Waals surface area contributed by atoms with Crippen molar-refractivity contribution >= 4 is 88.7 Å². The van der Waals surface area contributed by atoms with E-state index < -0.39 is 0 Å². The Balaban J connectivity index is 0.945. The van der Waals surface area contributed by atoms with Crippen molar-refractivity contribution in [3.8, 4) is 45.8 Å². The summed E-state index contributed by atoms with van der Waals surface area (Å²) in [6.07, 6.45) is 0. The van der Waals surface area contributed by atoms with E-state index in [4.69, 9.17) is 18.9 Å². The van der Waals surface area contributed by atoms with E-state index in [2.05, 4.69) is 214 Å². The number of rotatable bonds is 3. The van der Waals surface area contributed by atoms with Gasteiger partial charge in [0.15, 0.2) is 0 Å². The molecule has 6 heterocycles. The molecule has 68 heavy (non-hydrogen) atoms. The Hall–Kier alpha value is -8.03. The summed E-state index contributed by atoms with van der Waals surface area (Å²) in [7, 11) is 0. The van der Waals surface area contributed by atoms with Crippen LogP contribution in [0.3, 0.4) is 0 Å². The molecule has 4 aromatic heterocycles. The average molecular weight is 880 g/mol. The molecule has 2 aliphatic rings. The number of ether oxygens (including phenoxy) is 2. The van der Waals surface area contributed by atoms with Crippen LogP contribution < -0.4 is 25.9 Å². The molecule has 0 amide bonds. The molecular formula is C61H46BN3O3. The molecule has 0 bridgehead atoms. The van der Waals surface area contributed by atoms with E-state index in [-0.39, 0.29) is 17.5 Å². The first-order valence-electron chi connectivity index (χ1n) is 23.6. The Kier molecular flexibility index (Phi) is 7.93. The molecule has 0 atom stereocenters. The van der Waals surface area contributed by atoms with Gasteiger partial charge in [-0.2, -0.15) is 0 Å². The van der Waals surface area contributed by atoms with Gasteiger partial charge in [0.05, 0.1) is 27.8 Å². The molecule has 0 N–H and O–H groups in total. The predicted molar refractivity (Wildman–Crippen MR) is 281 cm³/mol. The standard InChI is InChI=1S/C61H46BN3O3/c1-60(2,3)36-23-25-41-49(31-36)65(48-27-29-52-58(57(41)48)42-16-9-12-20-50(42)66-52)56-21-13-17-45(63-56)35-22-28-51-44(30-35)62-43-26-24-38(64-46-18-10-7-14-39(46)40-15-8-11-19-47(40)64)34-53(43)68-55-33-37(61(4,5)6)32-54(67-51)59(55)62/h7-34H,1-6H3. The molecule has 0 saturated carbocycles. The van der Waals surface area contributed by atoms with Crippen LogP contribution in [0, 0.1) is 0 Å². The summed E-state index contributed by atoms with van der Waals surface area (Å²) in [5, 5.41) is 7.04. The fraction of sp³-hybridized carbons (Fsp3) is 0.131. The van der Waals surface area contributed by atoms with Crippen LogP contribution in [-0.4, -0.2) is 20.8 Å². The van der Waals surface area contributed by atoms with E-state index in [0.29, 0.717) is 0 Å². The molecule has 0 saturated heterocycles. The van der Waals surface area contributed by atoms with Gasteiger partial charge in [-0.3, -0.25) is 4.57 Å². The van der Waals surface area contributed by atoms with Gasteiger partial charge in [-0.05, 0) is 117 Å². The average Bonchev–Trinajstić information content (AvgIpc) is 4.00. The van der Waals surface area contributed by atoms with Crippen molar-refractivity contribution in [1.29, 1.82) is 0 Å². The molecule has 0 fully saturated rings. The van der Waals surface area contributed by atoms with Crippen LogP contribution >= 0.6 is 0 Å². The molecule has 6 nitrogen and oxygen atoms in total. The predicted octanol–water partition coefficient (Wildman–Crippen LogP) is 14.2. The fourth-order valence-corrected chi connectivity index (χ4v) is 11.2. The Morgan fingerprint density at radius 1 is 0.441 bits per heavy atom. The van der Waals surface area contributed by atoms with Gasteiger partial charge in [-0.25, -0.2) is 4.98 Å². The molecule has 0 unspecified atom stereocenters. The zero-order valence-electron chi connectivity index (χ0n) is 38.8. The highest BCUT2D eigenvalue weighted by molar-refractivity contribution is 6.98. The maximum atomic E-state index is 7.04. The second-order valence-electron chi connectivity index (χ2n) is 20.7. The summed E-state index contributed by atoms with van der Waals surface area (Å²) in [6.45, 7) is 13.4. The normalized spacial score (nSPS) is 13.4. The molecule has 7 heteroatoms. The third-order valence-electron chi connectivity index (χ3n) is 14.6. The number of pyridine rings is 1. The highest BCUT2D eigenvalue weighted by atomic mass is 16.5. The molecule has 12 aromatic rings. The molecular weight excluding hydrogens is 834 g/mol. The lowest BCUT2D eigenvalue weighted by Gasteiger charge is -2.35. The third-order valence-corrected chi connectivity index (χ3v) is 14.6. The van der Waals surface area contributed by atoms with E-state index in [9.17, 15) is 0 Å². The number of nitrogens with zero attached hydrogens (tertiary/aromatic N) is 3. The van der Waals surface area contributed by atoms with Crippen LogP contribution in [0.4, 0.5) is 0 Å². The number of benzene rings is 8. The topological polar surface area (TPSA) is 54.3 Å². The van der Waals surface area contributed by atoms with Gasteiger partial charge in [-0.1, -0.05) is 126 Å². The lowest BCUT2D eigenvalue weighted by molar-refractivity contribution is 0.458. The van der Waals surface area contributed by atoms with Gasteiger partial charge in [0.1, 0.15) is 40.0 Å². The van der Waals surface area contributed by atoms with E-state index in [1.807, 2.05) is 6.07 Å². The first-order chi connectivity index (χ1) is 33.0. The highest BCUT2D eigenvalue weighted by Gasteiger charge is 2.41. The number of fused-ring (bicyclic) bond motifs is 14. The monoisotopic (exact) mass is 879 g/mol. The first kappa shape index (κ1) is 39.2. The van der Waals surface area contributed by atoms with Gasteiger partial charge in [0, 0.05) is 49.5 Å². The van der Waals surface area contributed by atoms with Gasteiger partial charge in [-0.15, -0.1) is 0 Å². The van der Waals surface area contributed by atoms with Crippen LogP contribution in [0.5, 0.6) is 23.0 Å². The molecule has 326 valence electrons. The van der Waals surface area contributed by atoms with E-state index in [0.717, 1.165) is 112 Å². The molecule has 14 rings (SSSR count). The Labute approximate surface area is 394 Å². The fourth-order valence-electron chi connectivity index (χ4n) is 11.2. The minimum atomic E-state index is -0.128. The Morgan fingerprint density at radius 2 is 1.15 bits per heavy atom. The number of para-hydroxylation sites is 3. The van der Waals surface area contributed by atoms with E-state index >= 15 is 0 Å². The second kappa shape index (κ2) is 13.8. The van der Waals surface area contributed by atoms with Crippen molar-refractivity contribution in [3.05, 3.63) is 181 Å². The zero-order chi connectivity index (χ0) is 45.8. The number of hydrogen-bond donors (Lipinski definition) is 0. The van der Waals surface area contributed by atoms with E-state index in [1.165, 1.54) is 27.1 Å². The van der Waals surface area contributed by atoms with Crippen molar-refractivity contribution in [2.45, 2.75) is 52.4 Å². The lowest BCUT2D eigenvalue weighted by Crippen LogP contribution is -2.57. The maximum Gasteiger partial charge on any atom is 0.260 e. The molecule has 8 aromatic carbocycles. The third kappa shape index (κ3) is 5.62. The summed E-state index contributed by atoms with van der Waals surface area (Å²) in [5.41, 5.74) is 14.8. The SMILES string of the molecule is CC(C)(C)c1cc2c3c(c1)Oc1ccc(-c4cccc(-n5c6cc(C(C)(C)C)ccc6c6c7c(ccc65)oc5ccccc57)n4)cc1B3c1ccc(-n3c4ccccc4c4ccccc43)cc1O2. The van der Waals surface area contributed by atoms with Crippen LogP contribution in [0.25, 0.3) is 88.3 Å². The van der Waals surface area contributed by atoms with Crippen molar-refractivity contribution in [2.24, 2.45) is 0 Å². The first-order valence-corrected chi connectivity index (χ1v) is 23.6. The van der Waals surface area contributed by atoms with Crippen LogP contribution in [-0.2, 0) is 10.8 Å². The summed E-state index contributed by atoms with van der Waals surface area (Å²) >= 11 is 0. The van der Waals surface area contributed by atoms with E-state index in [1.54, 1.807) is 0 Å². The van der Waals surface area contributed by atoms with Crippen LogP contribution in [0.15, 0.2) is 174 Å². The van der Waals surface area contributed by atoms with Gasteiger partial charge < -0.3 is 18.5 Å². The number of furan rings is 1. The Morgan fingerprint density at radius 3 is 1.90 bits per heavy atom. The summed E-state index contributed by atoms with van der Waals surface area (Å²) in [6, 6.07) is 61.0. The maximum absolute atomic E-state index is 7.04. The summed E-state index contributed by atoms with van der Waals surface area (Å²) in [4.78, 5) is 5.53. The zero-order valence-corrected chi connectivity index (χ0v) is 38.8. The van der Waals surface area contributed by atoms with Gasteiger partial charge in [0.25, 0.3) is 6.71 Å². The minimum Gasteiger partial charge on any atom is -0.458 e. The number of hydrogen-bond acceptors (Lipinski definition) is 4. The summed E-state index contributed by atoms with van der Waals surface area (Å²) < 4.78 is 25.1. The van der Waals surface area contributed by atoms with Crippen molar-refractivity contribution in [3.63, 3.8) is 0 Å². The van der Waals surface area contributed by atoms with Crippen molar-refractivity contribution in [2.75, 3.05) is 0 Å². The smallest absolute Gasteiger partial charge is 0.260 e. The summed E-state index contributed by atoms with van der Waals surface area (Å²) in [5.74, 6) is 4.22. The van der Waals surface area contributed by atoms with Crippen molar-refractivity contribution in [1.82, 2.24) is 14.1 Å². The Bertz CT molecular complexity index is 4090.